The molecule has 27 heavy (non-hydrogen) atoms. The maximum absolute atomic E-state index is 12.5. The van der Waals surface area contributed by atoms with Crippen molar-refractivity contribution in [1.29, 1.82) is 0 Å². The summed E-state index contributed by atoms with van der Waals surface area (Å²) in [5.74, 6) is -0.0342. The summed E-state index contributed by atoms with van der Waals surface area (Å²) in [6.45, 7) is 4.17. The minimum absolute atomic E-state index is 0.0342. The highest BCUT2D eigenvalue weighted by atomic mass is 32.2. The molecule has 4 nitrogen and oxygen atoms in total. The van der Waals surface area contributed by atoms with Crippen molar-refractivity contribution in [2.24, 2.45) is 0 Å². The first-order valence-corrected chi connectivity index (χ1v) is 11.0. The molecule has 0 aromatic heterocycles. The summed E-state index contributed by atoms with van der Waals surface area (Å²) < 4.78 is 0. The summed E-state index contributed by atoms with van der Waals surface area (Å²) in [6.07, 6.45) is 7.23. The van der Waals surface area contributed by atoms with Crippen molar-refractivity contribution < 1.29 is 4.79 Å². The standard InChI is InChI=1S/C22H29N3OS/c1-17(22(26)24-20-9-5-6-10-21(20)27-2)23-18-11-13-19(14-12-18)25-15-7-3-4-8-16-25/h5-6,9-14,17,23H,3-4,7-8,15-16H2,1-2H3,(H,24,26)/t17-/m0/s1. The van der Waals surface area contributed by atoms with Crippen LogP contribution in [0.5, 0.6) is 0 Å². The van der Waals surface area contributed by atoms with Gasteiger partial charge in [0.15, 0.2) is 0 Å². The van der Waals surface area contributed by atoms with Crippen molar-refractivity contribution in [1.82, 2.24) is 0 Å². The fourth-order valence-corrected chi connectivity index (χ4v) is 3.96. The number of hydrogen-bond acceptors (Lipinski definition) is 4. The first kappa shape index (κ1) is 19.6. The van der Waals surface area contributed by atoms with Crippen molar-refractivity contribution in [3.63, 3.8) is 0 Å². The van der Waals surface area contributed by atoms with Crippen molar-refractivity contribution in [3.8, 4) is 0 Å². The summed E-state index contributed by atoms with van der Waals surface area (Å²) >= 11 is 1.63. The molecule has 1 amide bonds. The molecule has 1 heterocycles. The molecule has 144 valence electrons. The zero-order chi connectivity index (χ0) is 19.1. The second kappa shape index (κ2) is 9.70. The lowest BCUT2D eigenvalue weighted by molar-refractivity contribution is -0.116. The van der Waals surface area contributed by atoms with E-state index in [9.17, 15) is 4.79 Å². The predicted octanol–water partition coefficient (Wildman–Crippen LogP) is 5.23. The number of nitrogens with zero attached hydrogens (tertiary/aromatic N) is 1. The quantitative estimate of drug-likeness (QED) is 0.671. The lowest BCUT2D eigenvalue weighted by Gasteiger charge is -2.23. The molecule has 0 aliphatic carbocycles. The molecule has 0 unspecified atom stereocenters. The second-order valence-corrected chi connectivity index (χ2v) is 7.85. The number of carbonyl (C=O) groups excluding carboxylic acids is 1. The van der Waals surface area contributed by atoms with Crippen LogP contribution in [0.15, 0.2) is 53.4 Å². The Balaban J connectivity index is 1.58. The van der Waals surface area contributed by atoms with Crippen LogP contribution in [0.1, 0.15) is 32.6 Å². The van der Waals surface area contributed by atoms with E-state index in [1.165, 1.54) is 31.4 Å². The molecule has 1 aliphatic heterocycles. The molecule has 0 spiro atoms. The molecule has 2 aromatic carbocycles. The Bertz CT molecular complexity index is 739. The minimum atomic E-state index is -0.316. The molecular formula is C22H29N3OS. The van der Waals surface area contributed by atoms with Gasteiger partial charge >= 0.3 is 0 Å². The normalized spacial score (nSPS) is 15.7. The number of amides is 1. The first-order chi connectivity index (χ1) is 13.2. The van der Waals surface area contributed by atoms with Gasteiger partial charge in [0.25, 0.3) is 0 Å². The highest BCUT2D eigenvalue weighted by molar-refractivity contribution is 7.98. The van der Waals surface area contributed by atoms with Gasteiger partial charge in [-0.2, -0.15) is 0 Å². The van der Waals surface area contributed by atoms with Gasteiger partial charge in [-0.1, -0.05) is 25.0 Å². The highest BCUT2D eigenvalue weighted by Gasteiger charge is 2.15. The van der Waals surface area contributed by atoms with Gasteiger partial charge in [-0.15, -0.1) is 11.8 Å². The molecule has 2 N–H and O–H groups in total. The lowest BCUT2D eigenvalue weighted by atomic mass is 10.2. The third-order valence-corrected chi connectivity index (χ3v) is 5.78. The van der Waals surface area contributed by atoms with Crippen LogP contribution in [-0.4, -0.2) is 31.3 Å². The minimum Gasteiger partial charge on any atom is -0.374 e. The number of benzene rings is 2. The SMILES string of the molecule is CSc1ccccc1NC(=O)[C@H](C)Nc1ccc(N2CCCCCC2)cc1. The average Bonchev–Trinajstić information content (AvgIpc) is 2.98. The van der Waals surface area contributed by atoms with E-state index in [4.69, 9.17) is 0 Å². The van der Waals surface area contributed by atoms with E-state index < -0.39 is 0 Å². The zero-order valence-electron chi connectivity index (χ0n) is 16.2. The van der Waals surface area contributed by atoms with Crippen molar-refractivity contribution >= 4 is 34.7 Å². The predicted molar refractivity (Wildman–Crippen MR) is 117 cm³/mol. The van der Waals surface area contributed by atoms with E-state index >= 15 is 0 Å². The molecule has 0 radical (unpaired) electrons. The van der Waals surface area contributed by atoms with E-state index in [0.29, 0.717) is 0 Å². The summed E-state index contributed by atoms with van der Waals surface area (Å²) in [6, 6.07) is 16.0. The number of hydrogen-bond donors (Lipinski definition) is 2. The number of carbonyl (C=O) groups is 1. The molecule has 0 saturated carbocycles. The average molecular weight is 384 g/mol. The summed E-state index contributed by atoms with van der Waals surface area (Å²) in [5, 5.41) is 6.33. The number of anilines is 3. The maximum Gasteiger partial charge on any atom is 0.246 e. The highest BCUT2D eigenvalue weighted by Crippen LogP contribution is 2.25. The van der Waals surface area contributed by atoms with Crippen LogP contribution in [-0.2, 0) is 4.79 Å². The Kier molecular flexibility index (Phi) is 7.04. The number of para-hydroxylation sites is 1. The van der Waals surface area contributed by atoms with Crippen LogP contribution in [0.4, 0.5) is 17.1 Å². The van der Waals surface area contributed by atoms with Gasteiger partial charge in [-0.05, 0) is 62.4 Å². The van der Waals surface area contributed by atoms with E-state index in [-0.39, 0.29) is 11.9 Å². The monoisotopic (exact) mass is 383 g/mol. The van der Waals surface area contributed by atoms with Crippen LogP contribution >= 0.6 is 11.8 Å². The molecule has 1 aliphatic rings. The topological polar surface area (TPSA) is 44.4 Å². The van der Waals surface area contributed by atoms with Crippen LogP contribution in [0.2, 0.25) is 0 Å². The smallest absolute Gasteiger partial charge is 0.246 e. The summed E-state index contributed by atoms with van der Waals surface area (Å²) in [5.41, 5.74) is 3.10. The Hall–Kier alpha value is -2.14. The number of rotatable bonds is 6. The van der Waals surface area contributed by atoms with Crippen molar-refractivity contribution in [3.05, 3.63) is 48.5 Å². The molecular weight excluding hydrogens is 354 g/mol. The third kappa shape index (κ3) is 5.42. The van der Waals surface area contributed by atoms with Crippen molar-refractivity contribution in [2.75, 3.05) is 34.9 Å². The molecule has 2 aromatic rings. The zero-order valence-corrected chi connectivity index (χ0v) is 17.0. The third-order valence-electron chi connectivity index (χ3n) is 4.98. The maximum atomic E-state index is 12.5. The van der Waals surface area contributed by atoms with Crippen molar-refractivity contribution in [2.45, 2.75) is 43.5 Å². The second-order valence-electron chi connectivity index (χ2n) is 7.00. The Morgan fingerprint density at radius 1 is 1.00 bits per heavy atom. The van der Waals surface area contributed by atoms with Crippen LogP contribution < -0.4 is 15.5 Å². The Morgan fingerprint density at radius 3 is 2.33 bits per heavy atom. The number of nitrogens with one attached hydrogen (secondary N) is 2. The fourth-order valence-electron chi connectivity index (χ4n) is 3.40. The molecule has 3 rings (SSSR count). The summed E-state index contributed by atoms with van der Waals surface area (Å²) in [4.78, 5) is 16.1. The molecule has 1 saturated heterocycles. The van der Waals surface area contributed by atoms with Gasteiger partial charge in [0.05, 0.1) is 5.69 Å². The van der Waals surface area contributed by atoms with Gasteiger partial charge in [-0.3, -0.25) is 4.79 Å². The molecule has 5 heteroatoms. The lowest BCUT2D eigenvalue weighted by Crippen LogP contribution is -2.32. The fraction of sp³-hybridized carbons (Fsp3) is 0.409. The van der Waals surface area contributed by atoms with Gasteiger partial charge in [0.1, 0.15) is 6.04 Å². The van der Waals surface area contributed by atoms with Gasteiger partial charge in [-0.25, -0.2) is 0 Å². The van der Waals surface area contributed by atoms with Crippen LogP contribution in [0.25, 0.3) is 0 Å². The first-order valence-electron chi connectivity index (χ1n) is 9.73. The molecule has 0 bridgehead atoms. The van der Waals surface area contributed by atoms with Gasteiger partial charge in [0, 0.05) is 29.4 Å². The van der Waals surface area contributed by atoms with E-state index in [1.807, 2.05) is 37.4 Å². The van der Waals surface area contributed by atoms with Crippen LogP contribution in [0, 0.1) is 0 Å². The van der Waals surface area contributed by atoms with E-state index in [2.05, 4.69) is 39.8 Å². The molecule has 1 fully saturated rings. The van der Waals surface area contributed by atoms with Gasteiger partial charge in [0.2, 0.25) is 5.91 Å². The van der Waals surface area contributed by atoms with Gasteiger partial charge < -0.3 is 15.5 Å². The largest absolute Gasteiger partial charge is 0.374 e. The Morgan fingerprint density at radius 2 is 1.67 bits per heavy atom. The summed E-state index contributed by atoms with van der Waals surface area (Å²) in [7, 11) is 0. The van der Waals surface area contributed by atoms with Crippen LogP contribution in [0.3, 0.4) is 0 Å². The molecule has 1 atom stereocenters. The van der Waals surface area contributed by atoms with E-state index in [0.717, 1.165) is 29.4 Å². The van der Waals surface area contributed by atoms with E-state index in [1.54, 1.807) is 11.8 Å². The Labute approximate surface area is 166 Å². The number of thioether (sulfide) groups is 1.